The minimum Gasteiger partial charge on any atom is -0.444 e. The number of furan rings is 1. The van der Waals surface area contributed by atoms with Gasteiger partial charge in [-0.15, -0.1) is 0 Å². The van der Waals surface area contributed by atoms with Gasteiger partial charge in [0.2, 0.25) is 17.7 Å². The van der Waals surface area contributed by atoms with E-state index in [0.29, 0.717) is 11.3 Å². The van der Waals surface area contributed by atoms with E-state index in [1.54, 1.807) is 24.3 Å². The topological polar surface area (TPSA) is 132 Å². The van der Waals surface area contributed by atoms with Crippen molar-refractivity contribution in [2.45, 2.75) is 27.2 Å². The molecular weight excluding hydrogens is 338 g/mol. The van der Waals surface area contributed by atoms with Gasteiger partial charge in [-0.05, 0) is 31.5 Å². The molecule has 2 rings (SSSR count). The number of carbonyl (C=O) groups excluding carboxylic acids is 4. The molecule has 0 spiro atoms. The number of carbonyl (C=O) groups is 4. The molecule has 1 aromatic carbocycles. The summed E-state index contributed by atoms with van der Waals surface area (Å²) in [5.74, 6) is -1.80. The van der Waals surface area contributed by atoms with Crippen LogP contribution in [0.5, 0.6) is 0 Å². The SMILES string of the molecule is CC(=O)Nc1ccc(CC(=O)Nc2oc(C)c(C(C)=O)c2C(N)=O)cc1. The highest BCUT2D eigenvalue weighted by atomic mass is 16.4. The van der Waals surface area contributed by atoms with Crippen molar-refractivity contribution in [3.63, 3.8) is 0 Å². The summed E-state index contributed by atoms with van der Waals surface area (Å²) in [5, 5.41) is 5.10. The fraction of sp³-hybridized carbons (Fsp3) is 0.222. The molecule has 0 fully saturated rings. The first kappa shape index (κ1) is 18.9. The number of nitrogens with two attached hydrogens (primary N) is 1. The number of anilines is 2. The van der Waals surface area contributed by atoms with Gasteiger partial charge in [-0.1, -0.05) is 12.1 Å². The van der Waals surface area contributed by atoms with Gasteiger partial charge in [0.05, 0.1) is 12.0 Å². The molecule has 0 aliphatic carbocycles. The van der Waals surface area contributed by atoms with Crippen molar-refractivity contribution in [2.75, 3.05) is 10.6 Å². The van der Waals surface area contributed by atoms with Gasteiger partial charge >= 0.3 is 0 Å². The Hall–Kier alpha value is -3.42. The molecule has 1 aromatic heterocycles. The van der Waals surface area contributed by atoms with Crippen LogP contribution in [-0.2, 0) is 16.0 Å². The smallest absolute Gasteiger partial charge is 0.255 e. The van der Waals surface area contributed by atoms with Gasteiger partial charge in [0.15, 0.2) is 5.78 Å². The summed E-state index contributed by atoms with van der Waals surface area (Å²) in [6.07, 6.45) is 0.00764. The minimum atomic E-state index is -0.859. The molecule has 0 aliphatic heterocycles. The van der Waals surface area contributed by atoms with Gasteiger partial charge in [0.25, 0.3) is 5.91 Å². The van der Waals surface area contributed by atoms with Crippen LogP contribution in [0.3, 0.4) is 0 Å². The number of hydrogen-bond acceptors (Lipinski definition) is 5. The third-order valence-electron chi connectivity index (χ3n) is 3.57. The molecule has 1 heterocycles. The van der Waals surface area contributed by atoms with E-state index in [4.69, 9.17) is 10.2 Å². The lowest BCUT2D eigenvalue weighted by Gasteiger charge is -2.06. The highest BCUT2D eigenvalue weighted by Gasteiger charge is 2.26. The molecule has 0 aliphatic rings. The van der Waals surface area contributed by atoms with E-state index < -0.39 is 11.8 Å². The third kappa shape index (κ3) is 4.35. The second kappa shape index (κ2) is 7.64. The fourth-order valence-corrected chi connectivity index (χ4v) is 2.56. The zero-order valence-corrected chi connectivity index (χ0v) is 14.6. The van der Waals surface area contributed by atoms with Crippen LogP contribution in [0.25, 0.3) is 0 Å². The average molecular weight is 357 g/mol. The Morgan fingerprint density at radius 2 is 1.62 bits per heavy atom. The van der Waals surface area contributed by atoms with Crippen LogP contribution in [0.15, 0.2) is 28.7 Å². The summed E-state index contributed by atoms with van der Waals surface area (Å²) in [6.45, 7) is 4.20. The van der Waals surface area contributed by atoms with E-state index in [0.717, 1.165) is 0 Å². The highest BCUT2D eigenvalue weighted by molar-refractivity contribution is 6.12. The molecule has 3 amide bonds. The van der Waals surface area contributed by atoms with E-state index in [-0.39, 0.29) is 40.9 Å². The molecule has 136 valence electrons. The van der Waals surface area contributed by atoms with Gasteiger partial charge in [-0.3, -0.25) is 24.5 Å². The Bertz CT molecular complexity index is 881. The summed E-state index contributed by atoms with van der Waals surface area (Å²) in [5.41, 5.74) is 6.55. The normalized spacial score (nSPS) is 10.3. The largest absolute Gasteiger partial charge is 0.444 e. The molecule has 0 atom stereocenters. The van der Waals surface area contributed by atoms with E-state index in [1.807, 2.05) is 0 Å². The number of primary amides is 1. The summed E-state index contributed by atoms with van der Waals surface area (Å²) in [6, 6.07) is 6.72. The van der Waals surface area contributed by atoms with Crippen LogP contribution in [0.1, 0.15) is 45.9 Å². The van der Waals surface area contributed by atoms with E-state index in [9.17, 15) is 19.2 Å². The highest BCUT2D eigenvalue weighted by Crippen LogP contribution is 2.27. The molecule has 26 heavy (non-hydrogen) atoms. The fourth-order valence-electron chi connectivity index (χ4n) is 2.56. The quantitative estimate of drug-likeness (QED) is 0.681. The van der Waals surface area contributed by atoms with Crippen molar-refractivity contribution in [1.82, 2.24) is 0 Å². The van der Waals surface area contributed by atoms with Crippen molar-refractivity contribution in [2.24, 2.45) is 5.73 Å². The molecule has 2 aromatic rings. The van der Waals surface area contributed by atoms with E-state index >= 15 is 0 Å². The molecule has 0 saturated carbocycles. The zero-order chi connectivity index (χ0) is 19.4. The molecule has 0 unspecified atom stereocenters. The standard InChI is InChI=1S/C18H19N3O5/c1-9(22)15-10(2)26-18(16(15)17(19)25)21-14(24)8-12-4-6-13(7-5-12)20-11(3)23/h4-7H,8H2,1-3H3,(H2,19,25)(H,20,23)(H,21,24). The first-order valence-electron chi connectivity index (χ1n) is 7.79. The van der Waals surface area contributed by atoms with Crippen LogP contribution in [0, 0.1) is 6.92 Å². The van der Waals surface area contributed by atoms with Crippen LogP contribution >= 0.6 is 0 Å². The lowest BCUT2D eigenvalue weighted by atomic mass is 10.1. The molecule has 4 N–H and O–H groups in total. The summed E-state index contributed by atoms with van der Waals surface area (Å²) >= 11 is 0. The predicted molar refractivity (Wildman–Crippen MR) is 95.0 cm³/mol. The van der Waals surface area contributed by atoms with E-state index in [1.165, 1.54) is 20.8 Å². The number of rotatable bonds is 6. The Morgan fingerprint density at radius 1 is 1.00 bits per heavy atom. The number of hydrogen-bond donors (Lipinski definition) is 3. The molecule has 0 bridgehead atoms. The Balaban J connectivity index is 2.15. The van der Waals surface area contributed by atoms with Crippen molar-refractivity contribution in [3.05, 3.63) is 46.7 Å². The second-order valence-corrected chi connectivity index (χ2v) is 5.76. The molecule has 8 nitrogen and oxygen atoms in total. The van der Waals surface area contributed by atoms with Crippen LogP contribution in [0.2, 0.25) is 0 Å². The van der Waals surface area contributed by atoms with Gasteiger partial charge in [0.1, 0.15) is 11.3 Å². The maximum absolute atomic E-state index is 12.2. The van der Waals surface area contributed by atoms with Gasteiger partial charge < -0.3 is 15.5 Å². The van der Waals surface area contributed by atoms with Crippen LogP contribution < -0.4 is 16.4 Å². The minimum absolute atomic E-state index is 0.00764. The first-order valence-corrected chi connectivity index (χ1v) is 7.79. The zero-order valence-electron chi connectivity index (χ0n) is 14.6. The van der Waals surface area contributed by atoms with Gasteiger partial charge in [-0.2, -0.15) is 0 Å². The summed E-state index contributed by atoms with van der Waals surface area (Å²) in [4.78, 5) is 46.6. The van der Waals surface area contributed by atoms with Crippen molar-refractivity contribution in [1.29, 1.82) is 0 Å². The van der Waals surface area contributed by atoms with Crippen LogP contribution in [0.4, 0.5) is 11.6 Å². The number of benzene rings is 1. The van der Waals surface area contributed by atoms with Gasteiger partial charge in [-0.25, -0.2) is 0 Å². The number of aryl methyl sites for hydroxylation is 1. The third-order valence-corrected chi connectivity index (χ3v) is 3.57. The molecule has 8 heteroatoms. The maximum atomic E-state index is 12.2. The number of ketones is 1. The number of amides is 3. The number of nitrogens with one attached hydrogen (secondary N) is 2. The van der Waals surface area contributed by atoms with Crippen molar-refractivity contribution in [3.8, 4) is 0 Å². The Kier molecular flexibility index (Phi) is 5.56. The maximum Gasteiger partial charge on any atom is 0.255 e. The molecular formula is C18H19N3O5. The van der Waals surface area contributed by atoms with Crippen molar-refractivity contribution < 1.29 is 23.6 Å². The Morgan fingerprint density at radius 3 is 2.12 bits per heavy atom. The predicted octanol–water partition coefficient (Wildman–Crippen LogP) is 2.03. The number of Topliss-reactive ketones (excluding diaryl/α,β-unsaturated/α-hetero) is 1. The van der Waals surface area contributed by atoms with Crippen LogP contribution in [-0.4, -0.2) is 23.5 Å². The monoisotopic (exact) mass is 357 g/mol. The summed E-state index contributed by atoms with van der Waals surface area (Å²) in [7, 11) is 0. The average Bonchev–Trinajstić information content (AvgIpc) is 2.85. The van der Waals surface area contributed by atoms with E-state index in [2.05, 4.69) is 10.6 Å². The van der Waals surface area contributed by atoms with Gasteiger partial charge in [0, 0.05) is 12.6 Å². The molecule has 0 radical (unpaired) electrons. The summed E-state index contributed by atoms with van der Waals surface area (Å²) < 4.78 is 5.34. The lowest BCUT2D eigenvalue weighted by molar-refractivity contribution is -0.116. The lowest BCUT2D eigenvalue weighted by Crippen LogP contribution is -2.20. The van der Waals surface area contributed by atoms with Crippen molar-refractivity contribution >= 4 is 35.1 Å². The molecule has 0 saturated heterocycles. The second-order valence-electron chi connectivity index (χ2n) is 5.76. The Labute approximate surface area is 149 Å². The first-order chi connectivity index (χ1) is 12.2.